The van der Waals surface area contributed by atoms with Gasteiger partial charge in [0.1, 0.15) is 0 Å². The standard InChI is InChI=1S/C38H75N2O6P/c1-3-5-7-9-11-13-15-16-17-18-19-20-21-22-23-25-27-29-31-37(41)36(35-46-47(43,44)45-34-33-39)40-38(42)32-30-28-26-24-14-12-10-8-6-4-2/h22-23,29,31,36-37,41H,3-21,24-28,30,32-35,39H2,1-2H3,(H,40,42)(H,43,44)/b23-22+,31-29+. The number of aliphatic hydroxyl groups is 1. The van der Waals surface area contributed by atoms with Crippen LogP contribution in [0.4, 0.5) is 0 Å². The van der Waals surface area contributed by atoms with E-state index in [0.717, 1.165) is 38.5 Å². The summed E-state index contributed by atoms with van der Waals surface area (Å²) >= 11 is 0. The largest absolute Gasteiger partial charge is 0.472 e. The van der Waals surface area contributed by atoms with Crippen LogP contribution in [-0.2, 0) is 18.4 Å². The van der Waals surface area contributed by atoms with Crippen molar-refractivity contribution < 1.29 is 28.4 Å². The van der Waals surface area contributed by atoms with Crippen LogP contribution in [0.1, 0.15) is 181 Å². The summed E-state index contributed by atoms with van der Waals surface area (Å²) < 4.78 is 22.0. The first-order valence-corrected chi connectivity index (χ1v) is 21.0. The van der Waals surface area contributed by atoms with Crippen LogP contribution in [0.2, 0.25) is 0 Å². The second kappa shape index (κ2) is 34.8. The van der Waals surface area contributed by atoms with E-state index in [-0.39, 0.29) is 25.7 Å². The molecule has 9 heteroatoms. The van der Waals surface area contributed by atoms with Crippen LogP contribution in [0.5, 0.6) is 0 Å². The first-order chi connectivity index (χ1) is 22.9. The molecule has 0 saturated heterocycles. The van der Waals surface area contributed by atoms with Gasteiger partial charge in [0, 0.05) is 13.0 Å². The number of allylic oxidation sites excluding steroid dienone is 3. The molecule has 1 amide bonds. The second-order valence-electron chi connectivity index (χ2n) is 13.1. The van der Waals surface area contributed by atoms with Crippen molar-refractivity contribution in [3.05, 3.63) is 24.3 Å². The number of phosphoric acid groups is 1. The molecule has 47 heavy (non-hydrogen) atoms. The molecule has 0 aliphatic heterocycles. The molecule has 0 bridgehead atoms. The van der Waals surface area contributed by atoms with Crippen molar-refractivity contribution in [1.29, 1.82) is 0 Å². The molecule has 0 aromatic carbocycles. The quantitative estimate of drug-likeness (QED) is 0.0293. The number of rotatable bonds is 36. The Morgan fingerprint density at radius 2 is 1.13 bits per heavy atom. The van der Waals surface area contributed by atoms with E-state index >= 15 is 0 Å². The molecule has 3 atom stereocenters. The van der Waals surface area contributed by atoms with Gasteiger partial charge < -0.3 is 21.1 Å². The van der Waals surface area contributed by atoms with Crippen molar-refractivity contribution in [2.45, 2.75) is 193 Å². The maximum atomic E-state index is 12.6. The highest BCUT2D eigenvalue weighted by atomic mass is 31.2. The average molecular weight is 687 g/mol. The molecule has 0 aromatic rings. The molecule has 0 rings (SSSR count). The third-order valence-electron chi connectivity index (χ3n) is 8.53. The third-order valence-corrected chi connectivity index (χ3v) is 9.51. The van der Waals surface area contributed by atoms with Crippen LogP contribution in [0, 0.1) is 0 Å². The Balaban J connectivity index is 4.31. The van der Waals surface area contributed by atoms with Gasteiger partial charge in [0.25, 0.3) is 0 Å². The van der Waals surface area contributed by atoms with Gasteiger partial charge in [-0.25, -0.2) is 4.57 Å². The Morgan fingerprint density at radius 3 is 1.64 bits per heavy atom. The Morgan fingerprint density at radius 1 is 0.681 bits per heavy atom. The predicted octanol–water partition coefficient (Wildman–Crippen LogP) is 10.2. The summed E-state index contributed by atoms with van der Waals surface area (Å²) in [6, 6.07) is -0.870. The van der Waals surface area contributed by atoms with E-state index in [2.05, 4.69) is 31.3 Å². The minimum absolute atomic E-state index is 0.0755. The zero-order chi connectivity index (χ0) is 34.7. The topological polar surface area (TPSA) is 131 Å². The maximum absolute atomic E-state index is 12.6. The second-order valence-corrected chi connectivity index (χ2v) is 14.6. The first-order valence-electron chi connectivity index (χ1n) is 19.5. The Labute approximate surface area is 289 Å². The molecule has 8 nitrogen and oxygen atoms in total. The lowest BCUT2D eigenvalue weighted by Gasteiger charge is -2.23. The first kappa shape index (κ1) is 46.0. The minimum Gasteiger partial charge on any atom is -0.387 e. The zero-order valence-corrected chi connectivity index (χ0v) is 31.4. The van der Waals surface area contributed by atoms with Crippen molar-refractivity contribution in [3.8, 4) is 0 Å². The summed E-state index contributed by atoms with van der Waals surface area (Å²) in [6.45, 7) is 4.09. The summed E-state index contributed by atoms with van der Waals surface area (Å²) in [7, 11) is -4.33. The van der Waals surface area contributed by atoms with Crippen LogP contribution in [-0.4, -0.2) is 47.8 Å². The number of nitrogens with two attached hydrogens (primary N) is 1. The van der Waals surface area contributed by atoms with E-state index in [1.165, 1.54) is 122 Å². The predicted molar refractivity (Wildman–Crippen MR) is 198 cm³/mol. The van der Waals surface area contributed by atoms with E-state index < -0.39 is 20.0 Å². The van der Waals surface area contributed by atoms with Crippen molar-refractivity contribution >= 4 is 13.7 Å². The highest BCUT2D eigenvalue weighted by molar-refractivity contribution is 7.47. The fourth-order valence-corrected chi connectivity index (χ4v) is 6.32. The van der Waals surface area contributed by atoms with Crippen molar-refractivity contribution in [1.82, 2.24) is 5.32 Å². The summed E-state index contributed by atoms with van der Waals surface area (Å²) in [4.78, 5) is 22.5. The number of amides is 1. The Hall–Kier alpha value is -1.02. The lowest BCUT2D eigenvalue weighted by molar-refractivity contribution is -0.123. The third kappa shape index (κ3) is 33.3. The molecule has 5 N–H and O–H groups in total. The fourth-order valence-electron chi connectivity index (χ4n) is 5.56. The van der Waals surface area contributed by atoms with Gasteiger partial charge in [-0.15, -0.1) is 0 Å². The number of hydrogen-bond acceptors (Lipinski definition) is 6. The average Bonchev–Trinajstić information content (AvgIpc) is 3.05. The lowest BCUT2D eigenvalue weighted by atomic mass is 10.0. The van der Waals surface area contributed by atoms with E-state index in [1.807, 2.05) is 6.08 Å². The van der Waals surface area contributed by atoms with E-state index in [4.69, 9.17) is 14.8 Å². The molecule has 278 valence electrons. The number of hydrogen-bond donors (Lipinski definition) is 4. The molecule has 0 heterocycles. The maximum Gasteiger partial charge on any atom is 0.472 e. The van der Waals surface area contributed by atoms with Crippen LogP contribution in [0.25, 0.3) is 0 Å². The smallest absolute Gasteiger partial charge is 0.387 e. The Bertz CT molecular complexity index is 794. The SMILES string of the molecule is CCCCCCCCCCCCCC/C=C/CC/C=C/C(O)C(COP(=O)(O)OCCN)NC(=O)CCCCCCCCCCCC. The number of aliphatic hydroxyl groups excluding tert-OH is 1. The van der Waals surface area contributed by atoms with Crippen molar-refractivity contribution in [2.24, 2.45) is 5.73 Å². The monoisotopic (exact) mass is 687 g/mol. The van der Waals surface area contributed by atoms with E-state index in [9.17, 15) is 19.4 Å². The van der Waals surface area contributed by atoms with Crippen LogP contribution in [0.15, 0.2) is 24.3 Å². The van der Waals surface area contributed by atoms with Gasteiger partial charge in [0.15, 0.2) is 0 Å². The minimum atomic E-state index is -4.33. The van der Waals surface area contributed by atoms with Gasteiger partial charge >= 0.3 is 7.82 Å². The van der Waals surface area contributed by atoms with E-state index in [1.54, 1.807) is 6.08 Å². The molecule has 0 aromatic heterocycles. The highest BCUT2D eigenvalue weighted by Gasteiger charge is 2.26. The van der Waals surface area contributed by atoms with Crippen LogP contribution < -0.4 is 11.1 Å². The lowest BCUT2D eigenvalue weighted by Crippen LogP contribution is -2.45. The number of phosphoric ester groups is 1. The zero-order valence-electron chi connectivity index (χ0n) is 30.5. The molecular weight excluding hydrogens is 611 g/mol. The Kier molecular flexibility index (Phi) is 34.1. The molecule has 0 spiro atoms. The molecular formula is C38H75N2O6P. The molecule has 0 fully saturated rings. The van der Waals surface area contributed by atoms with Gasteiger partial charge in [-0.3, -0.25) is 13.8 Å². The van der Waals surface area contributed by atoms with Gasteiger partial charge in [-0.2, -0.15) is 0 Å². The fraction of sp³-hybridized carbons (Fsp3) is 0.868. The summed E-state index contributed by atoms with van der Waals surface area (Å²) in [5, 5.41) is 13.6. The van der Waals surface area contributed by atoms with Crippen molar-refractivity contribution in [3.63, 3.8) is 0 Å². The molecule has 0 aliphatic rings. The van der Waals surface area contributed by atoms with Crippen LogP contribution in [0.3, 0.4) is 0 Å². The van der Waals surface area contributed by atoms with Gasteiger partial charge in [0.2, 0.25) is 5.91 Å². The van der Waals surface area contributed by atoms with E-state index in [0.29, 0.717) is 6.42 Å². The highest BCUT2D eigenvalue weighted by Crippen LogP contribution is 2.43. The molecule has 3 unspecified atom stereocenters. The summed E-state index contributed by atoms with van der Waals surface area (Å²) in [6.07, 6.45) is 38.0. The van der Waals surface area contributed by atoms with Gasteiger partial charge in [-0.05, 0) is 32.1 Å². The van der Waals surface area contributed by atoms with Crippen LogP contribution >= 0.6 is 7.82 Å². The molecule has 0 aliphatic carbocycles. The van der Waals surface area contributed by atoms with Gasteiger partial charge in [-0.1, -0.05) is 167 Å². The van der Waals surface area contributed by atoms with Crippen molar-refractivity contribution in [2.75, 3.05) is 19.8 Å². The molecule has 0 saturated carbocycles. The number of unbranched alkanes of at least 4 members (excludes halogenated alkanes) is 22. The summed E-state index contributed by atoms with van der Waals surface area (Å²) in [5.74, 6) is -0.206. The normalized spacial score (nSPS) is 14.6. The summed E-state index contributed by atoms with van der Waals surface area (Å²) in [5.41, 5.74) is 5.35. The molecule has 0 radical (unpaired) electrons. The van der Waals surface area contributed by atoms with Gasteiger partial charge in [0.05, 0.1) is 25.4 Å². The number of carbonyl (C=O) groups excluding carboxylic acids is 1. The number of nitrogens with one attached hydrogen (secondary N) is 1. The number of carbonyl (C=O) groups is 1.